The molecular weight excluding hydrogens is 598 g/mol. The van der Waals surface area contributed by atoms with Crippen molar-refractivity contribution in [2.24, 2.45) is 0 Å². The number of aromatic hydroxyl groups is 2. The predicted molar refractivity (Wildman–Crippen MR) is 158 cm³/mol. The second-order valence-electron chi connectivity index (χ2n) is 11.3. The summed E-state index contributed by atoms with van der Waals surface area (Å²) in [6, 6.07) is 4.06. The molecule has 0 amide bonds. The molecule has 1 aliphatic heterocycles. The van der Waals surface area contributed by atoms with Crippen molar-refractivity contribution in [2.75, 3.05) is 26.8 Å². The Bertz CT molecular complexity index is 1470. The zero-order valence-corrected chi connectivity index (χ0v) is 25.7. The van der Waals surface area contributed by atoms with Gasteiger partial charge in [-0.15, -0.1) is 12.4 Å². The number of hydrogen-bond acceptors (Lipinski definition) is 12. The van der Waals surface area contributed by atoms with Gasteiger partial charge in [0.2, 0.25) is 5.78 Å². The van der Waals surface area contributed by atoms with Gasteiger partial charge in [-0.05, 0) is 26.1 Å². The lowest BCUT2D eigenvalue weighted by atomic mass is 9.72. The van der Waals surface area contributed by atoms with Gasteiger partial charge in [-0.1, -0.05) is 26.0 Å². The number of benzene rings is 2. The zero-order valence-electron chi connectivity index (χ0n) is 24.9. The minimum absolute atomic E-state index is 0. The fourth-order valence-electron chi connectivity index (χ4n) is 6.75. The number of methoxy groups -OCH3 is 1. The molecule has 12 nitrogen and oxygen atoms in total. The number of fused-ring (bicyclic) bond motifs is 3. The van der Waals surface area contributed by atoms with E-state index in [2.05, 4.69) is 4.90 Å². The van der Waals surface area contributed by atoms with Crippen LogP contribution in [0.4, 0.5) is 0 Å². The minimum Gasteiger partial charge on any atom is -0.507 e. The Labute approximate surface area is 260 Å². The number of hydrogen-bond donors (Lipinski definition) is 5. The van der Waals surface area contributed by atoms with Crippen LogP contribution < -0.4 is 4.74 Å². The molecule has 6 atom stereocenters. The molecule has 0 radical (unpaired) electrons. The van der Waals surface area contributed by atoms with Crippen LogP contribution in [0.3, 0.4) is 0 Å². The molecule has 1 heterocycles. The molecule has 1 fully saturated rings. The third kappa shape index (κ3) is 5.28. The monoisotopic (exact) mass is 635 g/mol. The van der Waals surface area contributed by atoms with Crippen molar-refractivity contribution in [3.63, 3.8) is 0 Å². The normalized spacial score (nSPS) is 27.7. The summed E-state index contributed by atoms with van der Waals surface area (Å²) < 4.78 is 17.5. The van der Waals surface area contributed by atoms with Crippen LogP contribution in [-0.2, 0) is 20.7 Å². The lowest BCUT2D eigenvalue weighted by Gasteiger charge is -2.45. The molecule has 1 saturated heterocycles. The van der Waals surface area contributed by atoms with Gasteiger partial charge in [0.25, 0.3) is 0 Å². The van der Waals surface area contributed by atoms with Crippen molar-refractivity contribution in [3.8, 4) is 17.2 Å². The highest BCUT2D eigenvalue weighted by molar-refractivity contribution is 6.31. The largest absolute Gasteiger partial charge is 0.507 e. The predicted octanol–water partition coefficient (Wildman–Crippen LogP) is 1.81. The molecule has 2 aromatic carbocycles. The van der Waals surface area contributed by atoms with Crippen molar-refractivity contribution in [2.45, 2.75) is 76.3 Å². The van der Waals surface area contributed by atoms with Crippen LogP contribution in [-0.4, -0.2) is 105 Å². The first-order chi connectivity index (χ1) is 20.4. The van der Waals surface area contributed by atoms with Gasteiger partial charge in [0, 0.05) is 42.0 Å². The molecule has 3 aliphatic rings. The van der Waals surface area contributed by atoms with E-state index in [0.717, 1.165) is 0 Å². The summed E-state index contributed by atoms with van der Waals surface area (Å²) in [7, 11) is 1.34. The number of phenols is 2. The van der Waals surface area contributed by atoms with Gasteiger partial charge in [0.05, 0.1) is 42.1 Å². The summed E-state index contributed by atoms with van der Waals surface area (Å²) in [5.74, 6) is -3.66. The first-order valence-electron chi connectivity index (χ1n) is 14.4. The van der Waals surface area contributed by atoms with Crippen LogP contribution in [0.2, 0.25) is 0 Å². The highest BCUT2D eigenvalue weighted by Gasteiger charge is 2.50. The first kappa shape index (κ1) is 33.8. The number of rotatable bonds is 8. The zero-order chi connectivity index (χ0) is 31.4. The Kier molecular flexibility index (Phi) is 9.77. The Morgan fingerprint density at radius 3 is 2.36 bits per heavy atom. The number of ketones is 3. The van der Waals surface area contributed by atoms with Crippen LogP contribution in [0, 0.1) is 0 Å². The number of carbonyl (C=O) groups excluding carboxylic acids is 3. The van der Waals surface area contributed by atoms with Gasteiger partial charge < -0.3 is 39.7 Å². The number of carbonyl (C=O) groups is 3. The van der Waals surface area contributed by atoms with Crippen molar-refractivity contribution in [1.29, 1.82) is 0 Å². The topological polar surface area (TPSA) is 183 Å². The molecular formula is C31H38ClNO11. The molecule has 240 valence electrons. The minimum atomic E-state index is -2.23. The van der Waals surface area contributed by atoms with Crippen molar-refractivity contribution in [3.05, 3.63) is 51.6 Å². The van der Waals surface area contributed by atoms with E-state index < -0.39 is 89.6 Å². The number of aliphatic hydroxyl groups excluding tert-OH is 2. The molecule has 2 aliphatic carbocycles. The maximum atomic E-state index is 13.8. The molecule has 13 heteroatoms. The number of likely N-dealkylation sites (N-methyl/N-ethyl adjacent to an activating group) is 1. The van der Waals surface area contributed by atoms with Crippen LogP contribution in [0.5, 0.6) is 17.2 Å². The lowest BCUT2D eigenvalue weighted by molar-refractivity contribution is -0.258. The van der Waals surface area contributed by atoms with Crippen LogP contribution in [0.1, 0.15) is 82.7 Å². The SMILES string of the molecule is CCN(CC)C1CC(OC2CC(O)(C(=O)CO)Cc3c(O)c4c(c(O)c32)C(=O)c2c(OC)cccc2C4=O)OC(C)C1O.Cl. The molecule has 0 spiro atoms. The summed E-state index contributed by atoms with van der Waals surface area (Å²) in [6.07, 6.45) is -4.57. The fraction of sp³-hybridized carbons (Fsp3) is 0.516. The molecule has 0 bridgehead atoms. The number of aliphatic hydroxyl groups is 3. The standard InChI is InChI=1S/C31H37NO11.ClH/c1-5-32(6-2)17-10-21(42-14(3)26(17)35)43-19-12-31(40,20(34)13-33)11-16-23(19)30(39)25-24(28(16)37)27(36)15-8-7-9-18(41-4)22(15)29(25)38;/h7-9,14,17,19,21,26,33,35,37,39-40H,5-6,10-13H2,1-4H3;1H. The Morgan fingerprint density at radius 2 is 1.75 bits per heavy atom. The number of ether oxygens (including phenoxy) is 3. The quantitative estimate of drug-likeness (QED) is 0.227. The fourth-order valence-corrected chi connectivity index (χ4v) is 6.75. The molecule has 6 unspecified atom stereocenters. The number of halogens is 1. The van der Waals surface area contributed by atoms with Crippen molar-refractivity contribution in [1.82, 2.24) is 4.90 Å². The van der Waals surface area contributed by atoms with Gasteiger partial charge in [-0.3, -0.25) is 19.3 Å². The summed E-state index contributed by atoms with van der Waals surface area (Å²) in [4.78, 5) is 42.3. The van der Waals surface area contributed by atoms with E-state index in [1.54, 1.807) is 6.92 Å². The average molecular weight is 636 g/mol. The third-order valence-electron chi connectivity index (χ3n) is 9.01. The summed E-state index contributed by atoms with van der Waals surface area (Å²) in [5, 5.41) is 55.0. The smallest absolute Gasteiger partial charge is 0.202 e. The second-order valence-corrected chi connectivity index (χ2v) is 11.3. The summed E-state index contributed by atoms with van der Waals surface area (Å²) in [6.45, 7) is 5.90. The van der Waals surface area contributed by atoms with Crippen LogP contribution in [0.25, 0.3) is 0 Å². The molecule has 5 rings (SSSR count). The summed E-state index contributed by atoms with van der Waals surface area (Å²) in [5.41, 5.74) is -3.48. The van der Waals surface area contributed by atoms with Gasteiger partial charge in [0.15, 0.2) is 17.9 Å². The van der Waals surface area contributed by atoms with E-state index in [1.165, 1.54) is 25.3 Å². The van der Waals surface area contributed by atoms with Gasteiger partial charge in [0.1, 0.15) is 29.5 Å². The lowest BCUT2D eigenvalue weighted by Crippen LogP contribution is -2.55. The van der Waals surface area contributed by atoms with E-state index in [1.807, 2.05) is 13.8 Å². The highest BCUT2D eigenvalue weighted by Crippen LogP contribution is 2.52. The molecule has 44 heavy (non-hydrogen) atoms. The highest BCUT2D eigenvalue weighted by atomic mass is 35.5. The van der Waals surface area contributed by atoms with E-state index in [4.69, 9.17) is 14.2 Å². The number of Topliss-reactive ketones (excluding diaryl/α,β-unsaturated/α-hetero) is 1. The van der Waals surface area contributed by atoms with E-state index in [9.17, 15) is 39.9 Å². The molecule has 0 aromatic heterocycles. The molecule has 0 saturated carbocycles. The van der Waals surface area contributed by atoms with Crippen LogP contribution >= 0.6 is 12.4 Å². The Balaban J connectivity index is 0.00000442. The van der Waals surface area contributed by atoms with Crippen LogP contribution in [0.15, 0.2) is 18.2 Å². The number of phenolic OH excluding ortho intramolecular Hbond substituents is 2. The third-order valence-corrected chi connectivity index (χ3v) is 9.01. The van der Waals surface area contributed by atoms with E-state index in [0.29, 0.717) is 13.1 Å². The van der Waals surface area contributed by atoms with Gasteiger partial charge >= 0.3 is 0 Å². The maximum Gasteiger partial charge on any atom is 0.202 e. The maximum absolute atomic E-state index is 13.8. The molecule has 2 aromatic rings. The van der Waals surface area contributed by atoms with E-state index in [-0.39, 0.29) is 52.9 Å². The van der Waals surface area contributed by atoms with Gasteiger partial charge in [-0.25, -0.2) is 0 Å². The van der Waals surface area contributed by atoms with Crippen molar-refractivity contribution < 1.29 is 54.1 Å². The summed E-state index contributed by atoms with van der Waals surface area (Å²) >= 11 is 0. The molecule has 5 N–H and O–H groups in total. The Morgan fingerprint density at radius 1 is 1.09 bits per heavy atom. The average Bonchev–Trinajstić information content (AvgIpc) is 2.99. The Hall–Kier alpha value is -3.10. The second kappa shape index (κ2) is 12.7. The van der Waals surface area contributed by atoms with Gasteiger partial charge in [-0.2, -0.15) is 0 Å². The van der Waals surface area contributed by atoms with E-state index >= 15 is 0 Å². The number of nitrogens with zero attached hydrogens (tertiary/aromatic N) is 1. The van der Waals surface area contributed by atoms with Crippen molar-refractivity contribution >= 4 is 29.8 Å². The first-order valence-corrected chi connectivity index (χ1v) is 14.4.